The zero-order valence-electron chi connectivity index (χ0n) is 16.9. The topological polar surface area (TPSA) is 64.0 Å². The molecule has 1 N–H and O–H groups in total. The largest absolute Gasteiger partial charge is 0.349 e. The SMILES string of the molecule is Cc1ccc(C(C)NC(=O)CSc2nc3ccccc3c(=O)n2C2CC2)cc1C. The van der Waals surface area contributed by atoms with Crippen molar-refractivity contribution in [2.75, 3.05) is 5.75 Å². The number of para-hydroxylation sites is 1. The summed E-state index contributed by atoms with van der Waals surface area (Å²) >= 11 is 1.34. The fourth-order valence-electron chi connectivity index (χ4n) is 3.41. The van der Waals surface area contributed by atoms with Crippen molar-refractivity contribution in [3.05, 3.63) is 69.5 Å². The van der Waals surface area contributed by atoms with Crippen LogP contribution in [-0.2, 0) is 4.79 Å². The maximum Gasteiger partial charge on any atom is 0.262 e. The van der Waals surface area contributed by atoms with Gasteiger partial charge in [-0.05, 0) is 62.4 Å². The molecule has 150 valence electrons. The Morgan fingerprint density at radius 3 is 2.69 bits per heavy atom. The number of nitrogens with zero attached hydrogens (tertiary/aromatic N) is 2. The Bertz CT molecular complexity index is 1130. The summed E-state index contributed by atoms with van der Waals surface area (Å²) in [4.78, 5) is 30.1. The number of benzene rings is 2. The molecule has 1 aliphatic carbocycles. The monoisotopic (exact) mass is 407 g/mol. The first-order chi connectivity index (χ1) is 13.9. The Morgan fingerprint density at radius 1 is 1.21 bits per heavy atom. The fraction of sp³-hybridized carbons (Fsp3) is 0.348. The summed E-state index contributed by atoms with van der Waals surface area (Å²) in [6, 6.07) is 13.8. The molecule has 1 aliphatic rings. The minimum atomic E-state index is -0.0717. The van der Waals surface area contributed by atoms with Gasteiger partial charge in [0, 0.05) is 6.04 Å². The average molecular weight is 408 g/mol. The van der Waals surface area contributed by atoms with E-state index in [2.05, 4.69) is 42.3 Å². The van der Waals surface area contributed by atoms with E-state index in [1.165, 1.54) is 22.9 Å². The van der Waals surface area contributed by atoms with Crippen LogP contribution in [0, 0.1) is 13.8 Å². The molecule has 1 heterocycles. The molecule has 5 nitrogen and oxygen atoms in total. The Balaban J connectivity index is 1.49. The van der Waals surface area contributed by atoms with Crippen molar-refractivity contribution < 1.29 is 4.79 Å². The van der Waals surface area contributed by atoms with E-state index in [1.807, 2.05) is 31.2 Å². The lowest BCUT2D eigenvalue weighted by atomic mass is 10.0. The van der Waals surface area contributed by atoms with Crippen molar-refractivity contribution in [2.45, 2.75) is 50.9 Å². The number of carbonyl (C=O) groups excluding carboxylic acids is 1. The summed E-state index contributed by atoms with van der Waals surface area (Å²) < 4.78 is 1.77. The van der Waals surface area contributed by atoms with E-state index < -0.39 is 0 Å². The quantitative estimate of drug-likeness (QED) is 0.488. The number of fused-ring (bicyclic) bond motifs is 1. The van der Waals surface area contributed by atoms with Crippen LogP contribution in [-0.4, -0.2) is 21.2 Å². The van der Waals surface area contributed by atoms with Crippen molar-refractivity contribution in [3.8, 4) is 0 Å². The van der Waals surface area contributed by atoms with Gasteiger partial charge in [0.05, 0.1) is 22.7 Å². The number of aromatic nitrogens is 2. The second-order valence-electron chi connectivity index (χ2n) is 7.74. The fourth-order valence-corrected chi connectivity index (χ4v) is 4.29. The van der Waals surface area contributed by atoms with E-state index in [0.717, 1.165) is 18.4 Å². The average Bonchev–Trinajstić information content (AvgIpc) is 3.53. The standard InChI is InChI=1S/C23H25N3O2S/c1-14-8-9-17(12-15(14)2)16(3)24-21(27)13-29-23-25-20-7-5-4-6-19(20)22(28)26(23)18-10-11-18/h4-9,12,16,18H,10-11,13H2,1-3H3,(H,24,27). The van der Waals surface area contributed by atoms with Crippen LogP contribution in [0.3, 0.4) is 0 Å². The summed E-state index contributed by atoms with van der Waals surface area (Å²) in [7, 11) is 0. The molecule has 3 aromatic rings. The zero-order valence-corrected chi connectivity index (χ0v) is 17.8. The lowest BCUT2D eigenvalue weighted by Crippen LogP contribution is -2.29. The number of thioether (sulfide) groups is 1. The number of hydrogen-bond acceptors (Lipinski definition) is 4. The zero-order chi connectivity index (χ0) is 20.5. The first kappa shape index (κ1) is 19.7. The molecule has 1 aromatic heterocycles. The van der Waals surface area contributed by atoms with Crippen LogP contribution in [0.25, 0.3) is 10.9 Å². The van der Waals surface area contributed by atoms with Crippen LogP contribution < -0.4 is 10.9 Å². The van der Waals surface area contributed by atoms with Crippen molar-refractivity contribution in [1.82, 2.24) is 14.9 Å². The Hall–Kier alpha value is -2.60. The van der Waals surface area contributed by atoms with Crippen LogP contribution in [0.5, 0.6) is 0 Å². The van der Waals surface area contributed by atoms with Gasteiger partial charge in [-0.15, -0.1) is 0 Å². The molecular formula is C23H25N3O2S. The number of aryl methyl sites for hydroxylation is 2. The van der Waals surface area contributed by atoms with E-state index in [9.17, 15) is 9.59 Å². The lowest BCUT2D eigenvalue weighted by Gasteiger charge is -2.16. The predicted octanol–water partition coefficient (Wildman–Crippen LogP) is 4.32. The maximum absolute atomic E-state index is 12.9. The lowest BCUT2D eigenvalue weighted by molar-refractivity contribution is -0.119. The normalized spacial score (nSPS) is 14.7. The van der Waals surface area contributed by atoms with Crippen LogP contribution >= 0.6 is 11.8 Å². The van der Waals surface area contributed by atoms with Gasteiger partial charge in [-0.2, -0.15) is 0 Å². The Morgan fingerprint density at radius 2 is 1.97 bits per heavy atom. The third kappa shape index (κ3) is 4.22. The van der Waals surface area contributed by atoms with Gasteiger partial charge in [0.2, 0.25) is 5.91 Å². The predicted molar refractivity (Wildman–Crippen MR) is 117 cm³/mol. The highest BCUT2D eigenvalue weighted by atomic mass is 32.2. The molecule has 0 bridgehead atoms. The van der Waals surface area contributed by atoms with E-state index >= 15 is 0 Å². The van der Waals surface area contributed by atoms with Crippen molar-refractivity contribution >= 4 is 28.6 Å². The van der Waals surface area contributed by atoms with Crippen LogP contribution in [0.1, 0.15) is 48.5 Å². The minimum absolute atomic E-state index is 0.00972. The molecule has 29 heavy (non-hydrogen) atoms. The van der Waals surface area contributed by atoms with Gasteiger partial charge in [-0.1, -0.05) is 42.1 Å². The molecule has 1 amide bonds. The van der Waals surface area contributed by atoms with Crippen LogP contribution in [0.4, 0.5) is 0 Å². The van der Waals surface area contributed by atoms with E-state index in [1.54, 1.807) is 4.57 Å². The first-order valence-electron chi connectivity index (χ1n) is 9.94. The van der Waals surface area contributed by atoms with Crippen molar-refractivity contribution in [3.63, 3.8) is 0 Å². The molecule has 1 atom stereocenters. The molecule has 1 saturated carbocycles. The summed E-state index contributed by atoms with van der Waals surface area (Å²) in [5, 5.41) is 4.32. The Kier molecular flexibility index (Phi) is 5.46. The molecule has 1 fully saturated rings. The van der Waals surface area contributed by atoms with Gasteiger partial charge in [0.1, 0.15) is 0 Å². The van der Waals surface area contributed by atoms with Gasteiger partial charge in [-0.3, -0.25) is 14.2 Å². The maximum atomic E-state index is 12.9. The smallest absolute Gasteiger partial charge is 0.262 e. The van der Waals surface area contributed by atoms with Gasteiger partial charge in [0.15, 0.2) is 5.16 Å². The number of hydrogen-bond donors (Lipinski definition) is 1. The molecule has 2 aromatic carbocycles. The number of nitrogens with one attached hydrogen (secondary N) is 1. The second kappa shape index (κ2) is 8.03. The summed E-state index contributed by atoms with van der Waals surface area (Å²) in [5.41, 5.74) is 4.21. The van der Waals surface area contributed by atoms with Crippen LogP contribution in [0.2, 0.25) is 0 Å². The minimum Gasteiger partial charge on any atom is -0.349 e. The Labute approximate surface area is 174 Å². The molecule has 0 radical (unpaired) electrons. The highest BCUT2D eigenvalue weighted by Gasteiger charge is 2.28. The number of amides is 1. The summed E-state index contributed by atoms with van der Waals surface area (Å²) in [6.07, 6.45) is 1.98. The van der Waals surface area contributed by atoms with Crippen molar-refractivity contribution in [2.24, 2.45) is 0 Å². The van der Waals surface area contributed by atoms with Gasteiger partial charge < -0.3 is 5.32 Å². The third-order valence-corrected chi connectivity index (χ3v) is 6.38. The highest BCUT2D eigenvalue weighted by molar-refractivity contribution is 7.99. The van der Waals surface area contributed by atoms with Crippen LogP contribution in [0.15, 0.2) is 52.4 Å². The van der Waals surface area contributed by atoms with E-state index in [-0.39, 0.29) is 29.3 Å². The second-order valence-corrected chi connectivity index (χ2v) is 8.68. The van der Waals surface area contributed by atoms with Gasteiger partial charge in [-0.25, -0.2) is 4.98 Å². The molecule has 0 spiro atoms. The molecule has 4 rings (SSSR count). The van der Waals surface area contributed by atoms with E-state index in [4.69, 9.17) is 0 Å². The summed E-state index contributed by atoms with van der Waals surface area (Å²) in [6.45, 7) is 6.14. The van der Waals surface area contributed by atoms with E-state index in [0.29, 0.717) is 16.1 Å². The third-order valence-electron chi connectivity index (χ3n) is 5.43. The molecular weight excluding hydrogens is 382 g/mol. The molecule has 1 unspecified atom stereocenters. The molecule has 0 saturated heterocycles. The number of carbonyl (C=O) groups is 1. The molecule has 6 heteroatoms. The van der Waals surface area contributed by atoms with Crippen molar-refractivity contribution in [1.29, 1.82) is 0 Å². The van der Waals surface area contributed by atoms with Gasteiger partial charge in [0.25, 0.3) is 5.56 Å². The molecule has 0 aliphatic heterocycles. The first-order valence-corrected chi connectivity index (χ1v) is 10.9. The van der Waals surface area contributed by atoms with Gasteiger partial charge >= 0.3 is 0 Å². The summed E-state index contributed by atoms with van der Waals surface area (Å²) in [5.74, 6) is 0.164. The number of rotatable bonds is 6. The highest BCUT2D eigenvalue weighted by Crippen LogP contribution is 2.36.